The molecule has 2 aromatic heterocycles. The fourth-order valence-corrected chi connectivity index (χ4v) is 1.05. The van der Waals surface area contributed by atoms with Crippen molar-refractivity contribution in [2.75, 3.05) is 0 Å². The average molecular weight is 240 g/mol. The summed E-state index contributed by atoms with van der Waals surface area (Å²) >= 11 is 5.54. The van der Waals surface area contributed by atoms with Crippen LogP contribution in [0.3, 0.4) is 0 Å². The highest BCUT2D eigenvalue weighted by molar-refractivity contribution is 6.29. The first-order valence-electron chi connectivity index (χ1n) is 4.25. The maximum Gasteiger partial charge on any atom is 0.272 e. The second-order valence-electron chi connectivity index (χ2n) is 2.75. The normalized spacial score (nSPS) is 10.1. The Morgan fingerprint density at radius 1 is 1.38 bits per heavy atom. The highest BCUT2D eigenvalue weighted by Gasteiger charge is 2.08. The number of nitrogens with one attached hydrogen (secondary N) is 2. The van der Waals surface area contributed by atoms with Crippen LogP contribution in [0.2, 0.25) is 5.15 Å². The van der Waals surface area contributed by atoms with Gasteiger partial charge in [0.15, 0.2) is 16.7 Å². The first kappa shape index (κ1) is 10.4. The number of carbonyl (C=O) groups excluding carboxylic acids is 1. The fraction of sp³-hybridized carbons (Fsp3) is 0.143. The van der Waals surface area contributed by atoms with Gasteiger partial charge in [0.1, 0.15) is 0 Å². The third-order valence-electron chi connectivity index (χ3n) is 1.66. The van der Waals surface area contributed by atoms with Crippen LogP contribution in [-0.2, 0) is 6.54 Å². The smallest absolute Gasteiger partial charge is 0.272 e. The van der Waals surface area contributed by atoms with Gasteiger partial charge < -0.3 is 5.32 Å². The Hall–Kier alpha value is -2.09. The number of hydrogen-bond acceptors (Lipinski definition) is 6. The van der Waals surface area contributed by atoms with Gasteiger partial charge in [0.05, 0.1) is 6.54 Å². The van der Waals surface area contributed by atoms with E-state index in [9.17, 15) is 4.79 Å². The van der Waals surface area contributed by atoms with Crippen LogP contribution in [0.15, 0.2) is 12.1 Å². The number of nitrogens with zero attached hydrogens (tertiary/aromatic N) is 5. The predicted octanol–water partition coefficient (Wildman–Crippen LogP) is -0.427. The molecule has 0 fully saturated rings. The van der Waals surface area contributed by atoms with Gasteiger partial charge in [-0.05, 0) is 12.1 Å². The topological polar surface area (TPSA) is 109 Å². The van der Waals surface area contributed by atoms with E-state index >= 15 is 0 Å². The van der Waals surface area contributed by atoms with Crippen LogP contribution in [0.4, 0.5) is 0 Å². The third-order valence-corrected chi connectivity index (χ3v) is 1.86. The van der Waals surface area contributed by atoms with E-state index in [1.165, 1.54) is 12.1 Å². The number of amides is 1. The lowest BCUT2D eigenvalue weighted by Crippen LogP contribution is -2.24. The second kappa shape index (κ2) is 4.62. The lowest BCUT2D eigenvalue weighted by atomic mass is 10.3. The van der Waals surface area contributed by atoms with Crippen molar-refractivity contribution >= 4 is 17.5 Å². The van der Waals surface area contributed by atoms with E-state index in [1.807, 2.05) is 0 Å². The van der Waals surface area contributed by atoms with Gasteiger partial charge in [-0.3, -0.25) is 4.79 Å². The summed E-state index contributed by atoms with van der Waals surface area (Å²) in [5, 5.41) is 22.9. The van der Waals surface area contributed by atoms with Crippen molar-refractivity contribution in [2.24, 2.45) is 0 Å². The van der Waals surface area contributed by atoms with Gasteiger partial charge in [-0.1, -0.05) is 16.8 Å². The van der Waals surface area contributed by atoms with Crippen molar-refractivity contribution in [3.63, 3.8) is 0 Å². The molecule has 0 aliphatic carbocycles. The summed E-state index contributed by atoms with van der Waals surface area (Å²) in [7, 11) is 0. The number of hydrogen-bond donors (Lipinski definition) is 2. The van der Waals surface area contributed by atoms with Crippen molar-refractivity contribution in [3.05, 3.63) is 28.8 Å². The Morgan fingerprint density at radius 3 is 2.88 bits per heavy atom. The van der Waals surface area contributed by atoms with Crippen molar-refractivity contribution in [1.82, 2.24) is 36.1 Å². The zero-order valence-electron chi connectivity index (χ0n) is 7.88. The minimum atomic E-state index is -0.381. The van der Waals surface area contributed by atoms with Gasteiger partial charge in [-0.2, -0.15) is 5.21 Å². The molecule has 0 radical (unpaired) electrons. The molecule has 2 heterocycles. The second-order valence-corrected chi connectivity index (χ2v) is 3.14. The molecular formula is C7H6ClN7O. The molecule has 0 atom stereocenters. The number of halogens is 1. The summed E-state index contributed by atoms with van der Waals surface area (Å²) in [4.78, 5) is 11.5. The standard InChI is InChI=1S/C7H6ClN7O/c8-5-2-1-4(10-11-5)7(16)9-3-6-12-14-15-13-6/h1-2H,3H2,(H,9,16)(H,12,13,14,15). The molecule has 2 rings (SSSR count). The van der Waals surface area contributed by atoms with Gasteiger partial charge in [0.25, 0.3) is 5.91 Å². The monoisotopic (exact) mass is 239 g/mol. The minimum absolute atomic E-state index is 0.166. The maximum atomic E-state index is 11.5. The summed E-state index contributed by atoms with van der Waals surface area (Å²) in [6.07, 6.45) is 0. The Balaban J connectivity index is 1.95. The van der Waals surface area contributed by atoms with E-state index in [1.54, 1.807) is 0 Å². The van der Waals surface area contributed by atoms with E-state index in [-0.39, 0.29) is 23.3 Å². The van der Waals surface area contributed by atoms with Crippen LogP contribution in [0.25, 0.3) is 0 Å². The van der Waals surface area contributed by atoms with Gasteiger partial charge in [-0.15, -0.1) is 20.4 Å². The first-order valence-corrected chi connectivity index (χ1v) is 4.63. The van der Waals surface area contributed by atoms with Crippen LogP contribution in [-0.4, -0.2) is 36.7 Å². The lowest BCUT2D eigenvalue weighted by molar-refractivity contribution is 0.0944. The molecule has 0 saturated carbocycles. The molecule has 0 aliphatic heterocycles. The number of aromatic nitrogens is 6. The molecule has 0 saturated heterocycles. The number of carbonyl (C=O) groups is 1. The Bertz CT molecular complexity index is 468. The van der Waals surface area contributed by atoms with Crippen molar-refractivity contribution in [1.29, 1.82) is 0 Å². The van der Waals surface area contributed by atoms with E-state index in [0.29, 0.717) is 5.82 Å². The van der Waals surface area contributed by atoms with Crippen LogP contribution in [0, 0.1) is 0 Å². The van der Waals surface area contributed by atoms with Crippen LogP contribution in [0.5, 0.6) is 0 Å². The third kappa shape index (κ3) is 2.48. The van der Waals surface area contributed by atoms with Crippen LogP contribution >= 0.6 is 11.6 Å². The van der Waals surface area contributed by atoms with E-state index in [2.05, 4.69) is 36.1 Å². The van der Waals surface area contributed by atoms with E-state index in [0.717, 1.165) is 0 Å². The molecule has 2 aromatic rings. The van der Waals surface area contributed by atoms with Gasteiger partial charge in [-0.25, -0.2) is 0 Å². The highest BCUT2D eigenvalue weighted by Crippen LogP contribution is 2.01. The highest BCUT2D eigenvalue weighted by atomic mass is 35.5. The predicted molar refractivity (Wildman–Crippen MR) is 52.4 cm³/mol. The van der Waals surface area contributed by atoms with Crippen molar-refractivity contribution < 1.29 is 4.79 Å². The zero-order valence-corrected chi connectivity index (χ0v) is 8.64. The van der Waals surface area contributed by atoms with Gasteiger partial charge in [0.2, 0.25) is 0 Å². The van der Waals surface area contributed by atoms with E-state index < -0.39 is 0 Å². The maximum absolute atomic E-state index is 11.5. The number of aromatic amines is 1. The van der Waals surface area contributed by atoms with Crippen LogP contribution < -0.4 is 5.32 Å². The molecule has 8 nitrogen and oxygen atoms in total. The Kier molecular flexibility index (Phi) is 3.01. The average Bonchev–Trinajstić information content (AvgIpc) is 2.80. The molecule has 0 bridgehead atoms. The summed E-state index contributed by atoms with van der Waals surface area (Å²) in [6, 6.07) is 2.96. The quantitative estimate of drug-likeness (QED) is 0.752. The fourth-order valence-electron chi connectivity index (χ4n) is 0.944. The minimum Gasteiger partial charge on any atom is -0.343 e. The number of rotatable bonds is 3. The number of H-pyrrole nitrogens is 1. The number of tetrazole rings is 1. The largest absolute Gasteiger partial charge is 0.343 e. The SMILES string of the molecule is O=C(NCc1nn[nH]n1)c1ccc(Cl)nn1. The summed E-state index contributed by atoms with van der Waals surface area (Å²) in [5.74, 6) is 0.00393. The zero-order chi connectivity index (χ0) is 11.4. The lowest BCUT2D eigenvalue weighted by Gasteiger charge is -2.00. The molecule has 2 N–H and O–H groups in total. The van der Waals surface area contributed by atoms with Gasteiger partial charge >= 0.3 is 0 Å². The Labute approximate surface area is 94.4 Å². The molecular weight excluding hydrogens is 234 g/mol. The molecule has 16 heavy (non-hydrogen) atoms. The Morgan fingerprint density at radius 2 is 2.25 bits per heavy atom. The van der Waals surface area contributed by atoms with Crippen LogP contribution in [0.1, 0.15) is 16.3 Å². The van der Waals surface area contributed by atoms with Crippen molar-refractivity contribution in [2.45, 2.75) is 6.54 Å². The summed E-state index contributed by atoms with van der Waals surface area (Å²) in [6.45, 7) is 0.166. The molecule has 0 spiro atoms. The van der Waals surface area contributed by atoms with Gasteiger partial charge in [0, 0.05) is 0 Å². The molecule has 82 valence electrons. The van der Waals surface area contributed by atoms with E-state index in [4.69, 9.17) is 11.6 Å². The molecule has 9 heteroatoms. The molecule has 1 amide bonds. The summed E-state index contributed by atoms with van der Waals surface area (Å²) < 4.78 is 0. The summed E-state index contributed by atoms with van der Waals surface area (Å²) in [5.41, 5.74) is 0.174. The van der Waals surface area contributed by atoms with Crippen molar-refractivity contribution in [3.8, 4) is 0 Å². The molecule has 0 aliphatic rings. The first-order chi connectivity index (χ1) is 7.75. The molecule has 0 unspecified atom stereocenters. The molecule has 0 aromatic carbocycles.